The molecule has 0 saturated heterocycles. The molecule has 1 aliphatic rings. The number of pyridine rings is 1. The molecular formula is C16H9Cl4NO. The number of rotatable bonds is 2. The number of Topliss-reactive ketones (excluding diaryl/α,β-unsaturated/α-hetero) is 1. The molecule has 1 aromatic carbocycles. The van der Waals surface area contributed by atoms with E-state index >= 15 is 0 Å². The quantitative estimate of drug-likeness (QED) is 0.671. The number of nitrogens with zero attached hydrogens (tertiary/aromatic N) is 1. The van der Waals surface area contributed by atoms with Gasteiger partial charge in [0, 0.05) is 34.3 Å². The van der Waals surface area contributed by atoms with Crippen molar-refractivity contribution in [3.05, 3.63) is 58.9 Å². The summed E-state index contributed by atoms with van der Waals surface area (Å²) in [4.78, 5) is 16.6. The molecule has 0 atom stereocenters. The van der Waals surface area contributed by atoms with Crippen LogP contribution in [0.1, 0.15) is 11.3 Å². The Kier molecular flexibility index (Phi) is 4.21. The summed E-state index contributed by atoms with van der Waals surface area (Å²) in [7, 11) is 0. The first-order chi connectivity index (χ1) is 10.4. The van der Waals surface area contributed by atoms with Crippen molar-refractivity contribution in [2.75, 3.05) is 0 Å². The van der Waals surface area contributed by atoms with Gasteiger partial charge in [-0.15, -0.1) is 0 Å². The Morgan fingerprint density at radius 2 is 1.77 bits per heavy atom. The number of hydrogen-bond acceptors (Lipinski definition) is 2. The zero-order valence-electron chi connectivity index (χ0n) is 11.1. The topological polar surface area (TPSA) is 30.0 Å². The molecule has 1 aliphatic carbocycles. The van der Waals surface area contributed by atoms with Gasteiger partial charge in [-0.2, -0.15) is 0 Å². The minimum atomic E-state index is -1.97. The first-order valence-electron chi connectivity index (χ1n) is 6.43. The monoisotopic (exact) mass is 371 g/mol. The normalized spacial score (nSPS) is 13.7. The van der Waals surface area contributed by atoms with Gasteiger partial charge >= 0.3 is 0 Å². The van der Waals surface area contributed by atoms with E-state index in [4.69, 9.17) is 46.4 Å². The predicted octanol–water partition coefficient (Wildman–Crippen LogP) is 5.28. The van der Waals surface area contributed by atoms with Crippen LogP contribution in [0.5, 0.6) is 0 Å². The largest absolute Gasteiger partial charge is 0.289 e. The molecule has 0 N–H and O–H groups in total. The zero-order valence-corrected chi connectivity index (χ0v) is 14.1. The van der Waals surface area contributed by atoms with E-state index in [9.17, 15) is 4.79 Å². The van der Waals surface area contributed by atoms with Gasteiger partial charge in [-0.1, -0.05) is 64.6 Å². The second kappa shape index (κ2) is 5.86. The molecule has 0 aliphatic heterocycles. The highest BCUT2D eigenvalue weighted by Gasteiger charge is 2.36. The number of ketones is 1. The number of benzene rings is 1. The van der Waals surface area contributed by atoms with E-state index in [1.807, 2.05) is 18.2 Å². The lowest BCUT2D eigenvalue weighted by Gasteiger charge is -2.12. The van der Waals surface area contributed by atoms with Crippen LogP contribution in [-0.4, -0.2) is 14.6 Å². The van der Waals surface area contributed by atoms with E-state index in [1.165, 1.54) is 0 Å². The van der Waals surface area contributed by atoms with Gasteiger partial charge in [0.25, 0.3) is 3.79 Å². The molecule has 0 spiro atoms. The minimum absolute atomic E-state index is 0.401. The lowest BCUT2D eigenvalue weighted by atomic mass is 10.0. The summed E-state index contributed by atoms with van der Waals surface area (Å²) in [5, 5.41) is 0.657. The van der Waals surface area contributed by atoms with Crippen molar-refractivity contribution in [2.45, 2.75) is 10.2 Å². The molecule has 0 bridgehead atoms. The highest BCUT2D eigenvalue weighted by atomic mass is 35.6. The predicted molar refractivity (Wildman–Crippen MR) is 91.7 cm³/mol. The van der Waals surface area contributed by atoms with Crippen molar-refractivity contribution < 1.29 is 4.79 Å². The Morgan fingerprint density at radius 3 is 2.41 bits per heavy atom. The van der Waals surface area contributed by atoms with E-state index in [1.54, 1.807) is 24.4 Å². The first-order valence-corrected chi connectivity index (χ1v) is 7.94. The molecule has 0 fully saturated rings. The van der Waals surface area contributed by atoms with Crippen LogP contribution in [0.4, 0.5) is 0 Å². The first kappa shape index (κ1) is 15.8. The molecule has 112 valence electrons. The third-order valence-corrected chi connectivity index (χ3v) is 4.21. The maximum Gasteiger partial charge on any atom is 0.253 e. The summed E-state index contributed by atoms with van der Waals surface area (Å²) >= 11 is 23.0. The molecule has 22 heavy (non-hydrogen) atoms. The molecule has 0 saturated carbocycles. The van der Waals surface area contributed by atoms with Crippen molar-refractivity contribution in [1.29, 1.82) is 0 Å². The summed E-state index contributed by atoms with van der Waals surface area (Å²) in [5.74, 6) is -0.536. The fraction of sp³-hybridized carbons (Fsp3) is 0.125. The second-order valence-electron chi connectivity index (χ2n) is 4.87. The lowest BCUT2D eigenvalue weighted by Crippen LogP contribution is -2.19. The van der Waals surface area contributed by atoms with Crippen LogP contribution in [0.2, 0.25) is 5.02 Å². The number of hydrogen-bond donors (Lipinski definition) is 0. The Bertz CT molecular complexity index is 776. The van der Waals surface area contributed by atoms with E-state index in [0.717, 1.165) is 16.8 Å². The SMILES string of the molecule is O=C(C1=CCc2ncc(-c3ccc(Cl)cc3)cc21)C(Cl)(Cl)Cl. The molecule has 2 nitrogen and oxygen atoms in total. The molecule has 0 radical (unpaired) electrons. The fourth-order valence-corrected chi connectivity index (χ4v) is 2.80. The zero-order chi connectivity index (χ0) is 15.9. The number of carbonyl (C=O) groups excluding carboxylic acids is 1. The van der Waals surface area contributed by atoms with Crippen LogP contribution < -0.4 is 0 Å². The number of halogens is 4. The molecule has 0 amide bonds. The van der Waals surface area contributed by atoms with E-state index in [-0.39, 0.29) is 0 Å². The number of carbonyl (C=O) groups is 1. The molecular weight excluding hydrogens is 364 g/mol. The average Bonchev–Trinajstić information content (AvgIpc) is 2.89. The smallest absolute Gasteiger partial charge is 0.253 e. The average molecular weight is 373 g/mol. The molecule has 1 aromatic heterocycles. The molecule has 3 rings (SSSR count). The Balaban J connectivity index is 2.02. The summed E-state index contributed by atoms with van der Waals surface area (Å²) in [5.41, 5.74) is 3.74. The summed E-state index contributed by atoms with van der Waals surface area (Å²) < 4.78 is -1.97. The van der Waals surface area contributed by atoms with Crippen LogP contribution in [0.15, 0.2) is 42.6 Å². The van der Waals surface area contributed by atoms with Gasteiger partial charge in [0.2, 0.25) is 5.78 Å². The lowest BCUT2D eigenvalue weighted by molar-refractivity contribution is -0.112. The van der Waals surface area contributed by atoms with Crippen molar-refractivity contribution >= 4 is 57.8 Å². The van der Waals surface area contributed by atoms with Crippen LogP contribution in [0.25, 0.3) is 16.7 Å². The summed E-state index contributed by atoms with van der Waals surface area (Å²) in [6.07, 6.45) is 4.06. The Morgan fingerprint density at radius 1 is 1.09 bits per heavy atom. The maximum atomic E-state index is 12.2. The van der Waals surface area contributed by atoms with Gasteiger partial charge in [0.05, 0.1) is 5.69 Å². The van der Waals surface area contributed by atoms with Gasteiger partial charge < -0.3 is 0 Å². The summed E-state index contributed by atoms with van der Waals surface area (Å²) in [6.45, 7) is 0. The standard InChI is InChI=1S/C16H9Cl4NO/c17-11-3-1-9(2-4-11)10-7-13-12(15(22)16(18,19)20)5-6-14(13)21-8-10/h1-5,7-8H,6H2. The third kappa shape index (κ3) is 3.02. The van der Waals surface area contributed by atoms with Crippen LogP contribution in [0, 0.1) is 0 Å². The minimum Gasteiger partial charge on any atom is -0.289 e. The molecule has 1 heterocycles. The van der Waals surface area contributed by atoms with Crippen LogP contribution in [0.3, 0.4) is 0 Å². The van der Waals surface area contributed by atoms with Crippen molar-refractivity contribution in [1.82, 2.24) is 4.98 Å². The van der Waals surface area contributed by atoms with Crippen molar-refractivity contribution in [3.63, 3.8) is 0 Å². The molecule has 2 aromatic rings. The fourth-order valence-electron chi connectivity index (χ4n) is 2.37. The van der Waals surface area contributed by atoms with Gasteiger partial charge in [-0.05, 0) is 23.8 Å². The second-order valence-corrected chi connectivity index (χ2v) is 7.59. The third-order valence-electron chi connectivity index (χ3n) is 3.44. The molecule has 0 unspecified atom stereocenters. The van der Waals surface area contributed by atoms with Crippen molar-refractivity contribution in [2.24, 2.45) is 0 Å². The highest BCUT2D eigenvalue weighted by Crippen LogP contribution is 2.38. The molecule has 6 heteroatoms. The van der Waals surface area contributed by atoms with Crippen LogP contribution >= 0.6 is 46.4 Å². The van der Waals surface area contributed by atoms with E-state index in [0.29, 0.717) is 22.6 Å². The summed E-state index contributed by atoms with van der Waals surface area (Å²) in [6, 6.07) is 9.26. The Labute approximate surface area is 147 Å². The van der Waals surface area contributed by atoms with E-state index < -0.39 is 9.58 Å². The highest BCUT2D eigenvalue weighted by molar-refractivity contribution is 6.79. The van der Waals surface area contributed by atoms with Gasteiger partial charge in [-0.3, -0.25) is 9.78 Å². The number of aromatic nitrogens is 1. The van der Waals surface area contributed by atoms with E-state index in [2.05, 4.69) is 4.98 Å². The van der Waals surface area contributed by atoms with Gasteiger partial charge in [0.1, 0.15) is 0 Å². The van der Waals surface area contributed by atoms with Gasteiger partial charge in [-0.25, -0.2) is 0 Å². The Hall–Kier alpha value is -1.06. The van der Waals surface area contributed by atoms with Gasteiger partial charge in [0.15, 0.2) is 0 Å². The number of allylic oxidation sites excluding steroid dienone is 2. The number of alkyl halides is 3. The van der Waals surface area contributed by atoms with Crippen molar-refractivity contribution in [3.8, 4) is 11.1 Å². The van der Waals surface area contributed by atoms with Crippen LogP contribution in [-0.2, 0) is 11.2 Å². The number of fused-ring (bicyclic) bond motifs is 1. The maximum absolute atomic E-state index is 12.2.